The molecule has 0 spiro atoms. The summed E-state index contributed by atoms with van der Waals surface area (Å²) in [6, 6.07) is 4.78. The van der Waals surface area contributed by atoms with Crippen molar-refractivity contribution < 1.29 is 9.13 Å². The lowest BCUT2D eigenvalue weighted by molar-refractivity contribution is 0.395. The van der Waals surface area contributed by atoms with Crippen molar-refractivity contribution in [1.82, 2.24) is 14.9 Å². The average molecular weight is 351 g/mol. The smallest absolute Gasteiger partial charge is 0.256 e. The van der Waals surface area contributed by atoms with Crippen molar-refractivity contribution in [3.05, 3.63) is 54.6 Å². The molecule has 2 rings (SSSR count). The highest BCUT2D eigenvalue weighted by molar-refractivity contribution is 7.80. The zero-order chi connectivity index (χ0) is 17.9. The van der Waals surface area contributed by atoms with Gasteiger partial charge in [0.1, 0.15) is 5.82 Å². The molecule has 0 fully saturated rings. The van der Waals surface area contributed by atoms with Gasteiger partial charge in [-0.15, -0.1) is 0 Å². The van der Waals surface area contributed by atoms with Gasteiger partial charge in [0.05, 0.1) is 25.7 Å². The third-order valence-electron chi connectivity index (χ3n) is 2.78. The van der Waals surface area contributed by atoms with Gasteiger partial charge < -0.3 is 25.7 Å². The number of methoxy groups -OCH3 is 1. The molecule has 4 N–H and O–H groups in total. The molecule has 1 aromatic heterocycles. The monoisotopic (exact) mass is 351 g/mol. The van der Waals surface area contributed by atoms with Crippen LogP contribution in [0.5, 0.6) is 0 Å². The number of nitrogens with one attached hydrogen (secondary N) is 2. The van der Waals surface area contributed by atoms with Crippen LogP contribution in [-0.2, 0) is 4.74 Å². The SMILES string of the molecule is CC.COC(=S)NC/C(N)=C/Nc1ccc(-n2ccnc2)c(F)c1. The molecule has 1 heterocycles. The van der Waals surface area contributed by atoms with Crippen LogP contribution >= 0.6 is 12.2 Å². The fourth-order valence-electron chi connectivity index (χ4n) is 1.68. The van der Waals surface area contributed by atoms with Crippen molar-refractivity contribution >= 4 is 23.1 Å². The first-order valence-corrected chi connectivity index (χ1v) is 7.81. The summed E-state index contributed by atoms with van der Waals surface area (Å²) in [5.74, 6) is -0.367. The Morgan fingerprint density at radius 2 is 2.21 bits per heavy atom. The largest absolute Gasteiger partial charge is 0.474 e. The van der Waals surface area contributed by atoms with Gasteiger partial charge in [0, 0.05) is 30.0 Å². The Morgan fingerprint density at radius 3 is 2.79 bits per heavy atom. The Bertz CT molecular complexity index is 673. The fraction of sp³-hybridized carbons (Fsp3) is 0.250. The molecule has 6 nitrogen and oxygen atoms in total. The highest BCUT2D eigenvalue weighted by Crippen LogP contribution is 2.18. The van der Waals surface area contributed by atoms with E-state index in [0.717, 1.165) is 0 Å². The summed E-state index contributed by atoms with van der Waals surface area (Å²) in [5, 5.41) is 5.98. The van der Waals surface area contributed by atoms with Gasteiger partial charge in [-0.2, -0.15) is 0 Å². The minimum atomic E-state index is -0.367. The lowest BCUT2D eigenvalue weighted by Gasteiger charge is -2.09. The third kappa shape index (κ3) is 5.88. The molecule has 8 heteroatoms. The van der Waals surface area contributed by atoms with E-state index >= 15 is 0 Å². The number of thiocarbonyl (C=S) groups is 1. The number of rotatable bonds is 5. The number of benzene rings is 1. The second kappa shape index (κ2) is 10.2. The van der Waals surface area contributed by atoms with Crippen LogP contribution in [0.3, 0.4) is 0 Å². The average Bonchev–Trinajstić information content (AvgIpc) is 3.14. The number of nitrogens with two attached hydrogens (primary N) is 1. The number of hydrogen-bond donors (Lipinski definition) is 3. The van der Waals surface area contributed by atoms with Gasteiger partial charge in [-0.1, -0.05) is 13.8 Å². The van der Waals surface area contributed by atoms with Crippen molar-refractivity contribution in [2.45, 2.75) is 13.8 Å². The topological polar surface area (TPSA) is 77.1 Å². The van der Waals surface area contributed by atoms with E-state index < -0.39 is 0 Å². The fourth-order valence-corrected chi connectivity index (χ4v) is 1.75. The van der Waals surface area contributed by atoms with Crippen molar-refractivity contribution in [3.63, 3.8) is 0 Å². The molecule has 130 valence electrons. The summed E-state index contributed by atoms with van der Waals surface area (Å²) in [5.41, 5.74) is 7.29. The summed E-state index contributed by atoms with van der Waals surface area (Å²) in [6.07, 6.45) is 6.37. The van der Waals surface area contributed by atoms with Crippen LogP contribution < -0.4 is 16.4 Å². The van der Waals surface area contributed by atoms with Crippen LogP contribution in [0, 0.1) is 5.82 Å². The zero-order valence-electron chi connectivity index (χ0n) is 13.9. The van der Waals surface area contributed by atoms with E-state index in [2.05, 4.69) is 15.6 Å². The van der Waals surface area contributed by atoms with Gasteiger partial charge in [-0.3, -0.25) is 0 Å². The predicted molar refractivity (Wildman–Crippen MR) is 98.4 cm³/mol. The summed E-state index contributed by atoms with van der Waals surface area (Å²) in [6.45, 7) is 4.33. The quantitative estimate of drug-likeness (QED) is 0.719. The number of ether oxygens (including phenoxy) is 1. The minimum absolute atomic E-state index is 0.257. The maximum atomic E-state index is 14.1. The molecule has 0 aliphatic heterocycles. The zero-order valence-corrected chi connectivity index (χ0v) is 14.7. The van der Waals surface area contributed by atoms with E-state index in [1.807, 2.05) is 13.8 Å². The Labute approximate surface area is 146 Å². The molecular formula is C16H22FN5OS. The van der Waals surface area contributed by atoms with Crippen LogP contribution in [-0.4, -0.2) is 28.4 Å². The molecule has 0 bridgehead atoms. The Hall–Kier alpha value is -2.61. The van der Waals surface area contributed by atoms with Crippen LogP contribution in [0.15, 0.2) is 48.8 Å². The van der Waals surface area contributed by atoms with E-state index in [1.165, 1.54) is 19.5 Å². The number of halogens is 1. The molecule has 24 heavy (non-hydrogen) atoms. The van der Waals surface area contributed by atoms with Gasteiger partial charge in [-0.25, -0.2) is 9.37 Å². The van der Waals surface area contributed by atoms with Gasteiger partial charge in [0.25, 0.3) is 5.17 Å². The summed E-state index contributed by atoms with van der Waals surface area (Å²) >= 11 is 4.83. The molecule has 2 aromatic rings. The second-order valence-electron chi connectivity index (χ2n) is 4.34. The molecule has 0 amide bonds. The first-order valence-electron chi connectivity index (χ1n) is 7.41. The van der Waals surface area contributed by atoms with Crippen molar-refractivity contribution in [3.8, 4) is 5.69 Å². The minimum Gasteiger partial charge on any atom is -0.474 e. The number of imidazole rings is 1. The third-order valence-corrected chi connectivity index (χ3v) is 3.09. The van der Waals surface area contributed by atoms with Gasteiger partial charge >= 0.3 is 0 Å². The Morgan fingerprint density at radius 1 is 1.46 bits per heavy atom. The van der Waals surface area contributed by atoms with E-state index in [0.29, 0.717) is 23.6 Å². The van der Waals surface area contributed by atoms with Crippen LogP contribution in [0.4, 0.5) is 10.1 Å². The van der Waals surface area contributed by atoms with Crippen molar-refractivity contribution in [2.24, 2.45) is 5.73 Å². The lowest BCUT2D eigenvalue weighted by Crippen LogP contribution is -2.27. The lowest BCUT2D eigenvalue weighted by atomic mass is 10.2. The summed E-state index contributed by atoms with van der Waals surface area (Å²) < 4.78 is 20.4. The molecule has 0 aliphatic carbocycles. The Balaban J connectivity index is 0.00000139. The van der Waals surface area contributed by atoms with Crippen molar-refractivity contribution in [2.75, 3.05) is 19.0 Å². The number of nitrogens with zero attached hydrogens (tertiary/aromatic N) is 2. The molecule has 0 radical (unpaired) electrons. The van der Waals surface area contributed by atoms with Crippen LogP contribution in [0.2, 0.25) is 0 Å². The van der Waals surface area contributed by atoms with E-state index in [1.54, 1.807) is 35.3 Å². The first kappa shape index (κ1) is 19.4. The van der Waals surface area contributed by atoms with E-state index in [-0.39, 0.29) is 11.0 Å². The molecule has 0 atom stereocenters. The number of aromatic nitrogens is 2. The standard InChI is InChI=1S/C14H16FN5OS.C2H6/c1-21-14(22)19-8-10(16)7-18-11-2-3-13(12(15)6-11)20-5-4-17-9-20;1-2/h2-7,9,18H,8,16H2,1H3,(H,19,22);1-2H3/b10-7-;. The molecule has 0 saturated carbocycles. The second-order valence-corrected chi connectivity index (χ2v) is 4.72. The molecule has 0 aliphatic rings. The van der Waals surface area contributed by atoms with Crippen LogP contribution in [0.25, 0.3) is 5.69 Å². The van der Waals surface area contributed by atoms with Gasteiger partial charge in [0.2, 0.25) is 0 Å². The van der Waals surface area contributed by atoms with Crippen LogP contribution in [0.1, 0.15) is 13.8 Å². The maximum absolute atomic E-state index is 14.1. The van der Waals surface area contributed by atoms with E-state index in [9.17, 15) is 4.39 Å². The predicted octanol–water partition coefficient (Wildman–Crippen LogP) is 2.77. The molecule has 1 aromatic carbocycles. The number of hydrogen-bond acceptors (Lipinski definition) is 5. The van der Waals surface area contributed by atoms with Gasteiger partial charge in [0.15, 0.2) is 0 Å². The highest BCUT2D eigenvalue weighted by Gasteiger charge is 2.04. The number of anilines is 1. The van der Waals surface area contributed by atoms with E-state index in [4.69, 9.17) is 22.7 Å². The molecular weight excluding hydrogens is 329 g/mol. The Kier molecular flexibility index (Phi) is 8.28. The molecule has 0 unspecified atom stereocenters. The van der Waals surface area contributed by atoms with Crippen molar-refractivity contribution in [1.29, 1.82) is 0 Å². The summed E-state index contributed by atoms with van der Waals surface area (Å²) in [4.78, 5) is 3.89. The first-order chi connectivity index (χ1) is 11.6. The maximum Gasteiger partial charge on any atom is 0.256 e. The highest BCUT2D eigenvalue weighted by atomic mass is 32.1. The van der Waals surface area contributed by atoms with Gasteiger partial charge in [-0.05, 0) is 30.4 Å². The normalized spacial score (nSPS) is 10.4. The molecule has 0 saturated heterocycles. The summed E-state index contributed by atoms with van der Waals surface area (Å²) in [7, 11) is 1.47.